The second-order valence-electron chi connectivity index (χ2n) is 1.32. The van der Waals surface area contributed by atoms with Crippen molar-refractivity contribution in [3.8, 4) is 0 Å². The second kappa shape index (κ2) is 4.26. The van der Waals surface area contributed by atoms with Crippen molar-refractivity contribution in [1.29, 1.82) is 0 Å². The van der Waals surface area contributed by atoms with Gasteiger partial charge in [-0.2, -0.15) is 0 Å². The topological polar surface area (TPSA) is 49.3 Å². The number of carboxylic acid groups (broad SMARTS) is 1. The van der Waals surface area contributed by atoms with Crippen LogP contribution in [0.15, 0.2) is 11.1 Å². The van der Waals surface area contributed by atoms with Gasteiger partial charge in [-0.15, -0.1) is 11.8 Å². The van der Waals surface area contributed by atoms with Crippen LogP contribution in [0.2, 0.25) is 0 Å². The lowest BCUT2D eigenvalue weighted by Gasteiger charge is -1.96. The third kappa shape index (κ3) is 3.03. The summed E-state index contributed by atoms with van der Waals surface area (Å²) in [5.74, 6) is -0.924. The number of carboxylic acids is 1. The lowest BCUT2D eigenvalue weighted by atomic mass is 10.5. The van der Waals surface area contributed by atoms with Crippen LogP contribution in [0.1, 0.15) is 0 Å². The van der Waals surface area contributed by atoms with Gasteiger partial charge in [0.15, 0.2) is 0 Å². The van der Waals surface area contributed by atoms with Crippen molar-refractivity contribution in [1.82, 2.24) is 5.32 Å². The summed E-state index contributed by atoms with van der Waals surface area (Å²) < 4.78 is 0. The van der Waals surface area contributed by atoms with Crippen molar-refractivity contribution in [2.45, 2.75) is 0 Å². The number of likely N-dealkylation sites (N-methyl/N-ethyl adjacent to an activating group) is 1. The molecular formula is C5H9NO2S. The zero-order chi connectivity index (χ0) is 7.28. The van der Waals surface area contributed by atoms with Crippen LogP contribution in [0, 0.1) is 0 Å². The lowest BCUT2D eigenvalue weighted by Crippen LogP contribution is -2.14. The van der Waals surface area contributed by atoms with Crippen molar-refractivity contribution in [2.24, 2.45) is 0 Å². The average Bonchev–Trinajstić information content (AvgIpc) is 1.82. The van der Waals surface area contributed by atoms with E-state index in [9.17, 15) is 4.79 Å². The highest BCUT2D eigenvalue weighted by molar-refractivity contribution is 8.01. The van der Waals surface area contributed by atoms with Crippen LogP contribution < -0.4 is 5.32 Å². The number of carbonyl (C=O) groups is 1. The van der Waals surface area contributed by atoms with Gasteiger partial charge in [-0.1, -0.05) is 0 Å². The minimum absolute atomic E-state index is 0.225. The maximum absolute atomic E-state index is 10.2. The zero-order valence-electron chi connectivity index (χ0n) is 5.34. The Morgan fingerprint density at radius 1 is 1.78 bits per heavy atom. The molecule has 0 aromatic rings. The molecule has 0 spiro atoms. The highest BCUT2D eigenvalue weighted by Gasteiger charge is 2.00. The first-order valence-corrected chi connectivity index (χ1v) is 3.65. The first-order chi connectivity index (χ1) is 4.22. The number of nitrogens with one attached hydrogen (secondary N) is 1. The normalized spacial score (nSPS) is 11.1. The van der Waals surface area contributed by atoms with Gasteiger partial charge in [0.05, 0.1) is 0 Å². The Morgan fingerprint density at radius 3 is 2.44 bits per heavy atom. The fraction of sp³-hybridized carbons (Fsp3) is 0.400. The quantitative estimate of drug-likeness (QED) is 0.570. The summed E-state index contributed by atoms with van der Waals surface area (Å²) in [4.78, 5) is 10.2. The molecule has 0 atom stereocenters. The molecule has 0 amide bonds. The highest BCUT2D eigenvalue weighted by Crippen LogP contribution is 1.98. The zero-order valence-corrected chi connectivity index (χ0v) is 6.16. The Hall–Kier alpha value is -0.640. The first-order valence-electron chi connectivity index (χ1n) is 2.36. The molecule has 0 fully saturated rings. The Morgan fingerprint density at radius 2 is 2.33 bits per heavy atom. The molecular weight excluding hydrogens is 138 g/mol. The lowest BCUT2D eigenvalue weighted by molar-refractivity contribution is -0.133. The Bertz CT molecular complexity index is 133. The first kappa shape index (κ1) is 8.36. The van der Waals surface area contributed by atoms with E-state index in [4.69, 9.17) is 5.11 Å². The van der Waals surface area contributed by atoms with Crippen LogP contribution in [-0.4, -0.2) is 24.4 Å². The summed E-state index contributed by atoms with van der Waals surface area (Å²) in [7, 11) is 1.58. The molecule has 0 aromatic carbocycles. The van der Waals surface area contributed by atoms with Gasteiger partial charge in [0, 0.05) is 12.5 Å². The van der Waals surface area contributed by atoms with Gasteiger partial charge >= 0.3 is 5.97 Å². The summed E-state index contributed by atoms with van der Waals surface area (Å²) in [6.45, 7) is 0. The van der Waals surface area contributed by atoms with Gasteiger partial charge in [-0.3, -0.25) is 0 Å². The molecule has 9 heavy (non-hydrogen) atoms. The number of aliphatic carboxylic acids is 1. The fourth-order valence-electron chi connectivity index (χ4n) is 0.334. The van der Waals surface area contributed by atoms with Gasteiger partial charge in [0.1, 0.15) is 5.70 Å². The molecule has 0 unspecified atom stereocenters. The largest absolute Gasteiger partial charge is 0.477 e. The number of rotatable bonds is 3. The Kier molecular flexibility index (Phi) is 3.96. The highest BCUT2D eigenvalue weighted by atomic mass is 32.2. The van der Waals surface area contributed by atoms with E-state index >= 15 is 0 Å². The van der Waals surface area contributed by atoms with Crippen molar-refractivity contribution in [2.75, 3.05) is 13.3 Å². The van der Waals surface area contributed by atoms with E-state index in [-0.39, 0.29) is 5.70 Å². The van der Waals surface area contributed by atoms with Crippen LogP contribution >= 0.6 is 11.8 Å². The summed E-state index contributed by atoms with van der Waals surface area (Å²) >= 11 is 1.36. The molecule has 0 saturated heterocycles. The maximum Gasteiger partial charge on any atom is 0.352 e. The monoisotopic (exact) mass is 147 g/mol. The van der Waals surface area contributed by atoms with E-state index in [1.54, 1.807) is 18.7 Å². The molecule has 4 heteroatoms. The molecule has 3 nitrogen and oxygen atoms in total. The Balaban J connectivity index is 3.98. The van der Waals surface area contributed by atoms with Crippen LogP contribution in [0.4, 0.5) is 0 Å². The van der Waals surface area contributed by atoms with Crippen molar-refractivity contribution in [3.05, 3.63) is 11.1 Å². The molecule has 0 aliphatic carbocycles. The minimum atomic E-state index is -0.924. The van der Waals surface area contributed by atoms with Gasteiger partial charge in [-0.05, 0) is 6.26 Å². The summed E-state index contributed by atoms with van der Waals surface area (Å²) in [5, 5.41) is 12.4. The van der Waals surface area contributed by atoms with E-state index < -0.39 is 5.97 Å². The van der Waals surface area contributed by atoms with Gasteiger partial charge in [0.2, 0.25) is 0 Å². The fourth-order valence-corrected chi connectivity index (χ4v) is 0.788. The van der Waals surface area contributed by atoms with E-state index in [0.717, 1.165) is 0 Å². The maximum atomic E-state index is 10.2. The van der Waals surface area contributed by atoms with E-state index in [1.165, 1.54) is 11.8 Å². The molecule has 0 aliphatic rings. The molecule has 0 heterocycles. The van der Waals surface area contributed by atoms with E-state index in [1.807, 2.05) is 0 Å². The summed E-state index contributed by atoms with van der Waals surface area (Å²) in [6, 6.07) is 0. The molecule has 0 saturated carbocycles. The average molecular weight is 147 g/mol. The van der Waals surface area contributed by atoms with Crippen molar-refractivity contribution >= 4 is 17.7 Å². The van der Waals surface area contributed by atoms with E-state index in [0.29, 0.717) is 0 Å². The van der Waals surface area contributed by atoms with Gasteiger partial charge in [-0.25, -0.2) is 4.79 Å². The standard InChI is InChI=1S/C5H9NO2S/c1-6-4(3-9-2)5(7)8/h3,6H,1-2H3,(H,7,8)/b4-3-. The smallest absolute Gasteiger partial charge is 0.352 e. The minimum Gasteiger partial charge on any atom is -0.477 e. The molecule has 0 rings (SSSR count). The third-order valence-electron chi connectivity index (χ3n) is 0.735. The third-order valence-corrected chi connectivity index (χ3v) is 1.21. The molecule has 0 aliphatic heterocycles. The van der Waals surface area contributed by atoms with Crippen LogP contribution in [-0.2, 0) is 4.79 Å². The number of hydrogen-bond acceptors (Lipinski definition) is 3. The SMILES string of the molecule is CN/C(=C\SC)C(=O)O. The van der Waals surface area contributed by atoms with Crippen LogP contribution in [0.3, 0.4) is 0 Å². The van der Waals surface area contributed by atoms with Crippen LogP contribution in [0.5, 0.6) is 0 Å². The molecule has 0 radical (unpaired) electrons. The molecule has 0 aromatic heterocycles. The predicted molar refractivity (Wildman–Crippen MR) is 38.3 cm³/mol. The van der Waals surface area contributed by atoms with Crippen molar-refractivity contribution in [3.63, 3.8) is 0 Å². The number of thioether (sulfide) groups is 1. The van der Waals surface area contributed by atoms with Crippen LogP contribution in [0.25, 0.3) is 0 Å². The molecule has 0 bridgehead atoms. The molecule has 52 valence electrons. The number of hydrogen-bond donors (Lipinski definition) is 2. The summed E-state index contributed by atoms with van der Waals surface area (Å²) in [5.41, 5.74) is 0.225. The predicted octanol–water partition coefficient (Wildman–Crippen LogP) is 0.495. The van der Waals surface area contributed by atoms with Gasteiger partial charge < -0.3 is 10.4 Å². The van der Waals surface area contributed by atoms with Gasteiger partial charge in [0.25, 0.3) is 0 Å². The Labute approximate surface area is 58.1 Å². The summed E-state index contributed by atoms with van der Waals surface area (Å²) in [6.07, 6.45) is 1.81. The molecule has 2 N–H and O–H groups in total. The second-order valence-corrected chi connectivity index (χ2v) is 2.03. The van der Waals surface area contributed by atoms with Crippen molar-refractivity contribution < 1.29 is 9.90 Å². The van der Waals surface area contributed by atoms with E-state index in [2.05, 4.69) is 5.32 Å².